The lowest BCUT2D eigenvalue weighted by Gasteiger charge is -2.38. The van der Waals surface area contributed by atoms with E-state index >= 15 is 0 Å². The van der Waals surface area contributed by atoms with E-state index in [1.165, 1.54) is 19.8 Å². The number of hydrogen-bond acceptors (Lipinski definition) is 4. The van der Waals surface area contributed by atoms with Crippen molar-refractivity contribution < 1.29 is 28.8 Å². The van der Waals surface area contributed by atoms with Gasteiger partial charge in [0.2, 0.25) is 0 Å². The third-order valence-corrected chi connectivity index (χ3v) is 6.63. The number of piperidine rings is 1. The Bertz CT molecular complexity index is 1130. The maximum atomic E-state index is 13.8. The van der Waals surface area contributed by atoms with E-state index in [4.69, 9.17) is 14.2 Å². The number of methoxy groups -OCH3 is 2. The Morgan fingerprint density at radius 1 is 0.914 bits per heavy atom. The quantitative estimate of drug-likeness (QED) is 0.395. The molecule has 1 aliphatic heterocycles. The molecule has 35 heavy (non-hydrogen) atoms. The van der Waals surface area contributed by atoms with Gasteiger partial charge in [0.25, 0.3) is 0 Å². The molecule has 0 bridgehead atoms. The van der Waals surface area contributed by atoms with E-state index in [0.29, 0.717) is 34.8 Å². The summed E-state index contributed by atoms with van der Waals surface area (Å²) in [5.74, 6) is 1.00. The molecule has 0 amide bonds. The molecule has 1 heterocycles. The van der Waals surface area contributed by atoms with Crippen LogP contribution >= 0.6 is 0 Å². The predicted molar refractivity (Wildman–Crippen MR) is 132 cm³/mol. The second-order valence-corrected chi connectivity index (χ2v) is 8.87. The first kappa shape index (κ1) is 25.1. The van der Waals surface area contributed by atoms with Gasteiger partial charge in [-0.1, -0.05) is 30.3 Å². The van der Waals surface area contributed by atoms with Crippen molar-refractivity contribution in [3.63, 3.8) is 0 Å². The van der Waals surface area contributed by atoms with Gasteiger partial charge in [0, 0.05) is 12.4 Å². The molecule has 1 fully saturated rings. The summed E-state index contributed by atoms with van der Waals surface area (Å²) in [6.07, 6.45) is -2.67. The summed E-state index contributed by atoms with van der Waals surface area (Å²) in [4.78, 5) is 0. The standard InChI is InChI=1S/C28H30F3NO3.H2/c1-33-24-8-9-26(34-2)25(17-24)21-14-20(15-23(16-21)28(29,30)31)18-35-19-27(10-12-32-13-11-27)22-6-4-3-5-7-22;/h3-9,14-17,32H,10-13,18-19H2,1-2H3;1H. The van der Waals surface area contributed by atoms with Gasteiger partial charge in [0.15, 0.2) is 0 Å². The zero-order valence-corrected chi connectivity index (χ0v) is 20.0. The Morgan fingerprint density at radius 3 is 2.31 bits per heavy atom. The van der Waals surface area contributed by atoms with Crippen molar-refractivity contribution in [3.05, 3.63) is 83.4 Å². The number of ether oxygens (including phenoxy) is 3. The van der Waals surface area contributed by atoms with Gasteiger partial charge in [-0.2, -0.15) is 13.2 Å². The van der Waals surface area contributed by atoms with Crippen molar-refractivity contribution >= 4 is 0 Å². The maximum Gasteiger partial charge on any atom is 0.416 e. The molecule has 188 valence electrons. The Kier molecular flexibility index (Phi) is 7.67. The lowest BCUT2D eigenvalue weighted by molar-refractivity contribution is -0.137. The summed E-state index contributed by atoms with van der Waals surface area (Å²) >= 11 is 0. The minimum absolute atomic E-state index is 0. The van der Waals surface area contributed by atoms with E-state index in [1.807, 2.05) is 18.2 Å². The lowest BCUT2D eigenvalue weighted by atomic mass is 9.74. The van der Waals surface area contributed by atoms with Crippen molar-refractivity contribution in [2.24, 2.45) is 0 Å². The fraction of sp³-hybridized carbons (Fsp3) is 0.357. The van der Waals surface area contributed by atoms with Crippen LogP contribution in [0.2, 0.25) is 0 Å². The third-order valence-electron chi connectivity index (χ3n) is 6.63. The van der Waals surface area contributed by atoms with Crippen LogP contribution in [0.1, 0.15) is 31.0 Å². The highest BCUT2D eigenvalue weighted by Crippen LogP contribution is 2.39. The Labute approximate surface area is 205 Å². The second-order valence-electron chi connectivity index (χ2n) is 8.87. The first-order valence-electron chi connectivity index (χ1n) is 11.6. The van der Waals surface area contributed by atoms with Crippen LogP contribution in [0.15, 0.2) is 66.7 Å². The van der Waals surface area contributed by atoms with Crippen LogP contribution in [0.5, 0.6) is 11.5 Å². The van der Waals surface area contributed by atoms with Gasteiger partial charge >= 0.3 is 6.18 Å². The number of nitrogens with one attached hydrogen (secondary N) is 1. The van der Waals surface area contributed by atoms with E-state index in [0.717, 1.165) is 38.1 Å². The zero-order valence-electron chi connectivity index (χ0n) is 20.0. The van der Waals surface area contributed by atoms with Crippen LogP contribution in [0, 0.1) is 0 Å². The van der Waals surface area contributed by atoms with Gasteiger partial charge in [-0.3, -0.25) is 0 Å². The molecule has 0 atom stereocenters. The van der Waals surface area contributed by atoms with Crippen LogP contribution in [0.4, 0.5) is 13.2 Å². The molecule has 0 aromatic heterocycles. The minimum Gasteiger partial charge on any atom is -0.497 e. The number of rotatable bonds is 8. The molecule has 3 aromatic rings. The smallest absolute Gasteiger partial charge is 0.416 e. The number of hydrogen-bond donors (Lipinski definition) is 1. The summed E-state index contributed by atoms with van der Waals surface area (Å²) in [5, 5.41) is 3.38. The topological polar surface area (TPSA) is 39.7 Å². The second kappa shape index (κ2) is 10.7. The molecule has 1 N–H and O–H groups in total. The minimum atomic E-state index is -4.49. The normalized spacial score (nSPS) is 15.6. The van der Waals surface area contributed by atoms with Gasteiger partial charge in [-0.25, -0.2) is 0 Å². The summed E-state index contributed by atoms with van der Waals surface area (Å²) in [5.41, 5.74) is 1.70. The largest absolute Gasteiger partial charge is 0.497 e. The van der Waals surface area contributed by atoms with Crippen LogP contribution in [-0.4, -0.2) is 33.9 Å². The van der Waals surface area contributed by atoms with Crippen LogP contribution in [-0.2, 0) is 22.9 Å². The Morgan fingerprint density at radius 2 is 1.66 bits per heavy atom. The summed E-state index contributed by atoms with van der Waals surface area (Å²) in [6, 6.07) is 19.3. The maximum absolute atomic E-state index is 13.8. The van der Waals surface area contributed by atoms with Gasteiger partial charge in [0.05, 0.1) is 33.0 Å². The van der Waals surface area contributed by atoms with E-state index < -0.39 is 11.7 Å². The van der Waals surface area contributed by atoms with E-state index in [9.17, 15) is 13.2 Å². The van der Waals surface area contributed by atoms with Crippen LogP contribution < -0.4 is 14.8 Å². The highest BCUT2D eigenvalue weighted by Gasteiger charge is 2.35. The summed E-state index contributed by atoms with van der Waals surface area (Å²) in [7, 11) is 3.01. The fourth-order valence-electron chi connectivity index (χ4n) is 4.71. The molecule has 4 rings (SSSR count). The van der Waals surface area contributed by atoms with Gasteiger partial charge in [0.1, 0.15) is 11.5 Å². The highest BCUT2D eigenvalue weighted by molar-refractivity contribution is 5.73. The molecule has 3 aromatic carbocycles. The molecular formula is C28H32F3NO3. The molecule has 4 nitrogen and oxygen atoms in total. The van der Waals surface area contributed by atoms with E-state index in [-0.39, 0.29) is 13.4 Å². The molecule has 1 saturated heterocycles. The molecular weight excluding hydrogens is 455 g/mol. The molecule has 7 heteroatoms. The molecule has 0 saturated carbocycles. The van der Waals surface area contributed by atoms with Gasteiger partial charge in [-0.15, -0.1) is 0 Å². The monoisotopic (exact) mass is 487 g/mol. The predicted octanol–water partition coefficient (Wildman–Crippen LogP) is 6.47. The van der Waals surface area contributed by atoms with Crippen molar-refractivity contribution in [1.82, 2.24) is 5.32 Å². The zero-order chi connectivity index (χ0) is 24.9. The van der Waals surface area contributed by atoms with Crippen LogP contribution in [0.3, 0.4) is 0 Å². The van der Waals surface area contributed by atoms with Crippen molar-refractivity contribution in [3.8, 4) is 22.6 Å². The SMILES string of the molecule is COc1ccc(OC)c(-c2cc(COCC3(c4ccccc4)CCNCC3)cc(C(F)(F)F)c2)c1.[HH]. The first-order chi connectivity index (χ1) is 16.8. The third kappa shape index (κ3) is 5.80. The Balaban J connectivity index is 0.00000361. The molecule has 0 radical (unpaired) electrons. The molecule has 0 aliphatic carbocycles. The summed E-state index contributed by atoms with van der Waals surface area (Å²) < 4.78 is 58.2. The van der Waals surface area contributed by atoms with E-state index in [2.05, 4.69) is 17.4 Å². The van der Waals surface area contributed by atoms with Crippen molar-refractivity contribution in [2.75, 3.05) is 33.9 Å². The van der Waals surface area contributed by atoms with E-state index in [1.54, 1.807) is 24.3 Å². The average molecular weight is 488 g/mol. The van der Waals surface area contributed by atoms with Crippen molar-refractivity contribution in [2.45, 2.75) is 31.0 Å². The number of halogens is 3. The number of benzene rings is 3. The fourth-order valence-corrected chi connectivity index (χ4v) is 4.71. The van der Waals surface area contributed by atoms with Crippen molar-refractivity contribution in [1.29, 1.82) is 0 Å². The first-order valence-corrected chi connectivity index (χ1v) is 11.6. The highest BCUT2D eigenvalue weighted by atomic mass is 19.4. The lowest BCUT2D eigenvalue weighted by Crippen LogP contribution is -2.43. The number of alkyl halides is 3. The molecule has 1 aliphatic rings. The molecule has 0 spiro atoms. The molecule has 0 unspecified atom stereocenters. The Hall–Kier alpha value is -3.03. The van der Waals surface area contributed by atoms with Crippen LogP contribution in [0.25, 0.3) is 11.1 Å². The average Bonchev–Trinajstić information content (AvgIpc) is 2.88. The van der Waals surface area contributed by atoms with Gasteiger partial charge in [-0.05, 0) is 79.0 Å². The summed E-state index contributed by atoms with van der Waals surface area (Å²) in [6.45, 7) is 2.27. The van der Waals surface area contributed by atoms with Gasteiger partial charge < -0.3 is 19.5 Å².